The molecule has 0 aliphatic carbocycles. The molecule has 4 rings (SSSR count). The van der Waals surface area contributed by atoms with E-state index in [9.17, 15) is 9.59 Å². The Kier molecular flexibility index (Phi) is 4.83. The number of halogens is 1. The molecule has 0 saturated carbocycles. The minimum absolute atomic E-state index is 0.101. The monoisotopic (exact) mass is 383 g/mol. The number of anilines is 2. The molecule has 2 saturated heterocycles. The number of carbonyl (C=O) groups is 2. The van der Waals surface area contributed by atoms with E-state index < -0.39 is 5.91 Å². The predicted molar refractivity (Wildman–Crippen MR) is 105 cm³/mol. The van der Waals surface area contributed by atoms with E-state index in [1.165, 1.54) is 5.01 Å². The number of nitrogens with one attached hydrogen (secondary N) is 1. The first-order valence-electron chi connectivity index (χ1n) is 8.67. The molecule has 2 fully saturated rings. The smallest absolute Gasteiger partial charge is 0.282 e. The summed E-state index contributed by atoms with van der Waals surface area (Å²) in [5.41, 5.74) is 5.14. The molecular formula is C20H18ClN3O3. The summed E-state index contributed by atoms with van der Waals surface area (Å²) < 4.78 is 5.37. The van der Waals surface area contributed by atoms with Gasteiger partial charge in [0.15, 0.2) is 0 Å². The quantitative estimate of drug-likeness (QED) is 0.653. The first-order valence-corrected chi connectivity index (χ1v) is 9.05. The van der Waals surface area contributed by atoms with E-state index in [4.69, 9.17) is 16.3 Å². The predicted octanol–water partition coefficient (Wildman–Crippen LogP) is 2.64. The van der Waals surface area contributed by atoms with Gasteiger partial charge in [0.05, 0.1) is 18.9 Å². The maximum atomic E-state index is 12.6. The van der Waals surface area contributed by atoms with Gasteiger partial charge in [0.1, 0.15) is 5.57 Å². The second-order valence-electron chi connectivity index (χ2n) is 6.31. The molecule has 2 aliphatic rings. The highest BCUT2D eigenvalue weighted by Crippen LogP contribution is 2.24. The molecule has 2 aromatic rings. The summed E-state index contributed by atoms with van der Waals surface area (Å²) in [5.74, 6) is -0.813. The van der Waals surface area contributed by atoms with Crippen LogP contribution in [-0.4, -0.2) is 38.1 Å². The van der Waals surface area contributed by atoms with Crippen LogP contribution in [0.2, 0.25) is 5.02 Å². The number of carbonyl (C=O) groups excluding carboxylic acids is 2. The number of amides is 2. The van der Waals surface area contributed by atoms with Crippen LogP contribution in [0.1, 0.15) is 5.56 Å². The zero-order valence-electron chi connectivity index (χ0n) is 14.5. The molecule has 0 atom stereocenters. The Hall–Kier alpha value is -2.83. The van der Waals surface area contributed by atoms with Gasteiger partial charge >= 0.3 is 0 Å². The highest BCUT2D eigenvalue weighted by Gasteiger charge is 2.34. The number of rotatable bonds is 3. The van der Waals surface area contributed by atoms with Crippen molar-refractivity contribution < 1.29 is 14.3 Å². The minimum Gasteiger partial charge on any atom is -0.378 e. The Morgan fingerprint density at radius 3 is 2.22 bits per heavy atom. The van der Waals surface area contributed by atoms with Gasteiger partial charge in [-0.1, -0.05) is 23.7 Å². The molecule has 0 bridgehead atoms. The maximum Gasteiger partial charge on any atom is 0.282 e. The molecule has 0 aromatic heterocycles. The van der Waals surface area contributed by atoms with E-state index in [2.05, 4.69) is 10.3 Å². The minimum atomic E-state index is -0.424. The SMILES string of the molecule is O=C1NN(c2ccc(Cl)cc2)C(=O)/C1=C\c1ccc(N2CCOCC2)cc1. The van der Waals surface area contributed by atoms with E-state index >= 15 is 0 Å². The van der Waals surface area contributed by atoms with E-state index in [1.807, 2.05) is 24.3 Å². The summed E-state index contributed by atoms with van der Waals surface area (Å²) in [4.78, 5) is 27.1. The Morgan fingerprint density at radius 1 is 0.926 bits per heavy atom. The van der Waals surface area contributed by atoms with Gasteiger partial charge in [-0.2, -0.15) is 0 Å². The summed E-state index contributed by atoms with van der Waals surface area (Å²) in [6.45, 7) is 3.16. The largest absolute Gasteiger partial charge is 0.378 e. The molecule has 0 spiro atoms. The molecule has 2 amide bonds. The van der Waals surface area contributed by atoms with Crippen molar-refractivity contribution in [2.75, 3.05) is 36.2 Å². The lowest BCUT2D eigenvalue weighted by Crippen LogP contribution is -2.36. The van der Waals surface area contributed by atoms with Gasteiger partial charge in [0.2, 0.25) is 0 Å². The van der Waals surface area contributed by atoms with Crippen molar-refractivity contribution in [3.05, 3.63) is 64.7 Å². The van der Waals surface area contributed by atoms with Crippen molar-refractivity contribution in [2.24, 2.45) is 0 Å². The molecule has 0 radical (unpaired) electrons. The van der Waals surface area contributed by atoms with Crippen LogP contribution in [0.25, 0.3) is 6.08 Å². The van der Waals surface area contributed by atoms with Gasteiger partial charge in [-0.05, 0) is 48.0 Å². The van der Waals surface area contributed by atoms with E-state index in [0.717, 1.165) is 37.6 Å². The van der Waals surface area contributed by atoms with Crippen LogP contribution in [-0.2, 0) is 14.3 Å². The Bertz CT molecular complexity index is 888. The summed E-state index contributed by atoms with van der Waals surface area (Å²) in [7, 11) is 0. The van der Waals surface area contributed by atoms with Crippen LogP contribution >= 0.6 is 11.6 Å². The lowest BCUT2D eigenvalue weighted by atomic mass is 10.1. The Balaban J connectivity index is 1.53. The van der Waals surface area contributed by atoms with Crippen LogP contribution in [0.5, 0.6) is 0 Å². The average Bonchev–Trinajstić information content (AvgIpc) is 2.98. The molecule has 27 heavy (non-hydrogen) atoms. The third-order valence-electron chi connectivity index (χ3n) is 4.56. The zero-order valence-corrected chi connectivity index (χ0v) is 15.3. The Labute approximate surface area is 161 Å². The van der Waals surface area contributed by atoms with Gasteiger partial charge in [0.25, 0.3) is 11.8 Å². The van der Waals surface area contributed by atoms with Crippen molar-refractivity contribution >= 4 is 40.9 Å². The highest BCUT2D eigenvalue weighted by atomic mass is 35.5. The van der Waals surface area contributed by atoms with E-state index in [0.29, 0.717) is 10.7 Å². The fourth-order valence-electron chi connectivity index (χ4n) is 3.10. The van der Waals surface area contributed by atoms with Gasteiger partial charge < -0.3 is 9.64 Å². The maximum absolute atomic E-state index is 12.6. The van der Waals surface area contributed by atoms with E-state index in [-0.39, 0.29) is 11.5 Å². The van der Waals surface area contributed by atoms with Crippen molar-refractivity contribution in [1.82, 2.24) is 5.43 Å². The van der Waals surface area contributed by atoms with Crippen LogP contribution in [0.3, 0.4) is 0 Å². The standard InChI is InChI=1S/C20H18ClN3O3/c21-15-3-7-17(8-4-15)24-20(26)18(19(25)22-24)13-14-1-5-16(6-2-14)23-9-11-27-12-10-23/h1-8,13H,9-12H2,(H,22,25)/b18-13-. The average molecular weight is 384 g/mol. The summed E-state index contributed by atoms with van der Waals surface area (Å²) in [6.07, 6.45) is 1.61. The molecule has 138 valence electrons. The topological polar surface area (TPSA) is 61.9 Å². The fourth-order valence-corrected chi connectivity index (χ4v) is 3.22. The summed E-state index contributed by atoms with van der Waals surface area (Å²) in [6, 6.07) is 14.5. The van der Waals surface area contributed by atoms with Crippen molar-refractivity contribution in [2.45, 2.75) is 0 Å². The second kappa shape index (κ2) is 7.42. The summed E-state index contributed by atoms with van der Waals surface area (Å²) >= 11 is 5.88. The van der Waals surface area contributed by atoms with Gasteiger partial charge in [-0.25, -0.2) is 5.01 Å². The summed E-state index contributed by atoms with van der Waals surface area (Å²) in [5, 5.41) is 1.79. The Morgan fingerprint density at radius 2 is 1.56 bits per heavy atom. The normalized spacial score (nSPS) is 18.9. The second-order valence-corrected chi connectivity index (χ2v) is 6.74. The molecule has 1 N–H and O–H groups in total. The third kappa shape index (κ3) is 3.67. The first-order chi connectivity index (χ1) is 13.1. The van der Waals surface area contributed by atoms with Crippen molar-refractivity contribution in [1.29, 1.82) is 0 Å². The number of hydrazine groups is 1. The van der Waals surface area contributed by atoms with Crippen molar-refractivity contribution in [3.8, 4) is 0 Å². The lowest BCUT2D eigenvalue weighted by molar-refractivity contribution is -0.117. The van der Waals surface area contributed by atoms with Gasteiger partial charge in [0, 0.05) is 23.8 Å². The highest BCUT2D eigenvalue weighted by molar-refractivity contribution is 6.32. The van der Waals surface area contributed by atoms with Crippen LogP contribution < -0.4 is 15.3 Å². The van der Waals surface area contributed by atoms with Crippen LogP contribution in [0.4, 0.5) is 11.4 Å². The lowest BCUT2D eigenvalue weighted by Gasteiger charge is -2.28. The van der Waals surface area contributed by atoms with E-state index in [1.54, 1.807) is 30.3 Å². The molecule has 7 heteroatoms. The zero-order chi connectivity index (χ0) is 18.8. The third-order valence-corrected chi connectivity index (χ3v) is 4.81. The molecular weight excluding hydrogens is 366 g/mol. The molecule has 0 unspecified atom stereocenters. The van der Waals surface area contributed by atoms with Crippen LogP contribution in [0, 0.1) is 0 Å². The van der Waals surface area contributed by atoms with Gasteiger partial charge in [-0.3, -0.25) is 15.0 Å². The number of hydrogen-bond donors (Lipinski definition) is 1. The number of hydrogen-bond acceptors (Lipinski definition) is 4. The number of ether oxygens (including phenoxy) is 1. The van der Waals surface area contributed by atoms with Gasteiger partial charge in [-0.15, -0.1) is 0 Å². The van der Waals surface area contributed by atoms with Crippen LogP contribution in [0.15, 0.2) is 54.1 Å². The molecule has 6 nitrogen and oxygen atoms in total. The van der Waals surface area contributed by atoms with Crippen molar-refractivity contribution in [3.63, 3.8) is 0 Å². The number of morpholine rings is 1. The number of benzene rings is 2. The first kappa shape index (κ1) is 17.6. The molecule has 2 aromatic carbocycles. The molecule has 2 heterocycles. The molecule has 2 aliphatic heterocycles. The number of nitrogens with zero attached hydrogens (tertiary/aromatic N) is 2. The fraction of sp³-hybridized carbons (Fsp3) is 0.200.